The first-order valence-electron chi connectivity index (χ1n) is 9.61. The van der Waals surface area contributed by atoms with Crippen LogP contribution in [0.4, 0.5) is 17.6 Å². The molecule has 2 atom stereocenters. The minimum atomic E-state index is -4.72. The zero-order valence-electron chi connectivity index (χ0n) is 15.4. The summed E-state index contributed by atoms with van der Waals surface area (Å²) in [6.07, 6.45) is 2.36. The maximum absolute atomic E-state index is 15.1. The van der Waals surface area contributed by atoms with Crippen LogP contribution >= 0.6 is 0 Å². The number of ether oxygens (including phenoxy) is 1. The molecule has 5 heteroatoms. The van der Waals surface area contributed by atoms with Gasteiger partial charge in [0.05, 0.1) is 18.3 Å². The Kier molecular flexibility index (Phi) is 6.09. The fourth-order valence-electron chi connectivity index (χ4n) is 4.35. The lowest BCUT2D eigenvalue weighted by Crippen LogP contribution is -2.23. The van der Waals surface area contributed by atoms with E-state index in [1.165, 1.54) is 12.1 Å². The molecule has 0 bridgehead atoms. The van der Waals surface area contributed by atoms with E-state index < -0.39 is 23.7 Å². The average Bonchev–Trinajstić information content (AvgIpc) is 2.67. The quantitative estimate of drug-likeness (QED) is 0.404. The second-order valence-corrected chi connectivity index (χ2v) is 7.67. The smallest absolute Gasteiger partial charge is 0.373 e. The standard InChI is InChI=1S/C22H26F4O/c1-3-14-5-8-16(9-6-14)17-10-11-18(21(23)20(17)22(24,25)26)19-12-7-15(4-2)13-27-19/h3-4,10-11,14-16,19H,1-2,5-9,12-13H2. The van der Waals surface area contributed by atoms with Gasteiger partial charge in [0.2, 0.25) is 0 Å². The maximum atomic E-state index is 15.1. The highest BCUT2D eigenvalue weighted by Gasteiger charge is 2.41. The van der Waals surface area contributed by atoms with Crippen LogP contribution in [0.15, 0.2) is 37.4 Å². The molecule has 1 aliphatic carbocycles. The van der Waals surface area contributed by atoms with Crippen LogP contribution in [0.3, 0.4) is 0 Å². The van der Waals surface area contributed by atoms with E-state index in [1.807, 2.05) is 6.08 Å². The highest BCUT2D eigenvalue weighted by molar-refractivity contribution is 5.39. The van der Waals surface area contributed by atoms with E-state index >= 15 is 4.39 Å². The summed E-state index contributed by atoms with van der Waals surface area (Å²) < 4.78 is 62.0. The Bertz CT molecular complexity index is 678. The Morgan fingerprint density at radius 2 is 1.48 bits per heavy atom. The third kappa shape index (κ3) is 4.29. The van der Waals surface area contributed by atoms with Crippen molar-refractivity contribution in [2.24, 2.45) is 11.8 Å². The topological polar surface area (TPSA) is 9.23 Å². The molecule has 0 amide bonds. The minimum absolute atomic E-state index is 0.0216. The lowest BCUT2D eigenvalue weighted by atomic mass is 9.77. The number of halogens is 4. The van der Waals surface area contributed by atoms with E-state index in [2.05, 4.69) is 13.2 Å². The molecule has 1 nitrogen and oxygen atoms in total. The summed E-state index contributed by atoms with van der Waals surface area (Å²) in [4.78, 5) is 0. The molecule has 1 aromatic carbocycles. The van der Waals surface area contributed by atoms with E-state index in [9.17, 15) is 13.2 Å². The molecule has 1 saturated carbocycles. The Balaban J connectivity index is 1.91. The Labute approximate surface area is 158 Å². The Hall–Kier alpha value is -1.62. The predicted molar refractivity (Wildman–Crippen MR) is 97.9 cm³/mol. The fraction of sp³-hybridized carbons (Fsp3) is 0.545. The third-order valence-corrected chi connectivity index (χ3v) is 6.02. The first-order chi connectivity index (χ1) is 12.8. The Morgan fingerprint density at radius 3 is 2.00 bits per heavy atom. The van der Waals surface area contributed by atoms with Crippen molar-refractivity contribution in [1.29, 1.82) is 0 Å². The van der Waals surface area contributed by atoms with Crippen molar-refractivity contribution in [1.82, 2.24) is 0 Å². The van der Waals surface area contributed by atoms with Crippen LogP contribution < -0.4 is 0 Å². The highest BCUT2D eigenvalue weighted by Crippen LogP contribution is 2.45. The second kappa shape index (κ2) is 8.17. The van der Waals surface area contributed by atoms with Crippen molar-refractivity contribution in [3.63, 3.8) is 0 Å². The molecule has 0 aromatic heterocycles. The molecular weight excluding hydrogens is 356 g/mol. The fourth-order valence-corrected chi connectivity index (χ4v) is 4.35. The highest BCUT2D eigenvalue weighted by atomic mass is 19.4. The minimum Gasteiger partial charge on any atom is -0.373 e. The van der Waals surface area contributed by atoms with Crippen LogP contribution in [-0.4, -0.2) is 6.61 Å². The van der Waals surface area contributed by atoms with Gasteiger partial charge in [-0.2, -0.15) is 13.2 Å². The zero-order valence-corrected chi connectivity index (χ0v) is 15.4. The number of hydrogen-bond donors (Lipinski definition) is 0. The number of allylic oxidation sites excluding steroid dienone is 1. The molecule has 2 aliphatic rings. The Morgan fingerprint density at radius 1 is 0.889 bits per heavy atom. The van der Waals surface area contributed by atoms with Gasteiger partial charge in [0.15, 0.2) is 0 Å². The van der Waals surface area contributed by atoms with Crippen molar-refractivity contribution in [3.8, 4) is 0 Å². The first kappa shape index (κ1) is 20.1. The number of benzene rings is 1. The monoisotopic (exact) mass is 382 g/mol. The van der Waals surface area contributed by atoms with Gasteiger partial charge in [-0.1, -0.05) is 24.3 Å². The van der Waals surface area contributed by atoms with E-state index in [1.54, 1.807) is 6.08 Å². The van der Waals surface area contributed by atoms with Gasteiger partial charge in [-0.25, -0.2) is 4.39 Å². The van der Waals surface area contributed by atoms with Crippen molar-refractivity contribution < 1.29 is 22.3 Å². The predicted octanol–water partition coefficient (Wildman–Crippen LogP) is 6.96. The molecule has 148 valence electrons. The van der Waals surface area contributed by atoms with Gasteiger partial charge >= 0.3 is 6.18 Å². The van der Waals surface area contributed by atoms with Gasteiger partial charge in [-0.15, -0.1) is 13.2 Å². The van der Waals surface area contributed by atoms with Gasteiger partial charge < -0.3 is 4.74 Å². The summed E-state index contributed by atoms with van der Waals surface area (Å²) in [5, 5.41) is 0. The summed E-state index contributed by atoms with van der Waals surface area (Å²) >= 11 is 0. The molecule has 2 unspecified atom stereocenters. The molecule has 27 heavy (non-hydrogen) atoms. The summed E-state index contributed by atoms with van der Waals surface area (Å²) in [5.41, 5.74) is -0.990. The lowest BCUT2D eigenvalue weighted by Gasteiger charge is -2.31. The second-order valence-electron chi connectivity index (χ2n) is 7.67. The third-order valence-electron chi connectivity index (χ3n) is 6.02. The molecule has 1 saturated heterocycles. The van der Waals surface area contributed by atoms with Crippen LogP contribution in [0.1, 0.15) is 67.2 Å². The summed E-state index contributed by atoms with van der Waals surface area (Å²) in [7, 11) is 0. The van der Waals surface area contributed by atoms with Crippen LogP contribution in [0.25, 0.3) is 0 Å². The van der Waals surface area contributed by atoms with Crippen molar-refractivity contribution in [2.75, 3.05) is 6.61 Å². The molecule has 0 spiro atoms. The van der Waals surface area contributed by atoms with Crippen molar-refractivity contribution >= 4 is 0 Å². The van der Waals surface area contributed by atoms with Crippen molar-refractivity contribution in [2.45, 2.75) is 56.7 Å². The molecule has 1 aromatic rings. The van der Waals surface area contributed by atoms with E-state index in [0.717, 1.165) is 19.3 Å². The summed E-state index contributed by atoms with van der Waals surface area (Å²) in [6, 6.07) is 2.97. The lowest BCUT2D eigenvalue weighted by molar-refractivity contribution is -0.141. The summed E-state index contributed by atoms with van der Waals surface area (Å²) in [5.74, 6) is -0.912. The van der Waals surface area contributed by atoms with Crippen LogP contribution in [0.2, 0.25) is 0 Å². The van der Waals surface area contributed by atoms with Gasteiger partial charge in [0.25, 0.3) is 0 Å². The molecule has 1 aliphatic heterocycles. The zero-order chi connectivity index (χ0) is 19.6. The number of alkyl halides is 3. The number of hydrogen-bond acceptors (Lipinski definition) is 1. The van der Waals surface area contributed by atoms with Gasteiger partial charge in [0.1, 0.15) is 5.82 Å². The molecule has 2 fully saturated rings. The normalized spacial score (nSPS) is 29.3. The van der Waals surface area contributed by atoms with Gasteiger partial charge in [0, 0.05) is 11.5 Å². The van der Waals surface area contributed by atoms with Gasteiger partial charge in [-0.3, -0.25) is 0 Å². The van der Waals surface area contributed by atoms with E-state index in [4.69, 9.17) is 4.74 Å². The molecule has 0 radical (unpaired) electrons. The maximum Gasteiger partial charge on any atom is 0.419 e. The average molecular weight is 382 g/mol. The summed E-state index contributed by atoms with van der Waals surface area (Å²) in [6.45, 7) is 7.84. The SMILES string of the molecule is C=CC1CCC(c2ccc(C3CCC(C=C)CO3)c(F)c2C(F)(F)F)CC1. The molecule has 1 heterocycles. The molecule has 3 rings (SSSR count). The first-order valence-corrected chi connectivity index (χ1v) is 9.61. The largest absolute Gasteiger partial charge is 0.419 e. The van der Waals surface area contributed by atoms with E-state index in [0.29, 0.717) is 31.8 Å². The van der Waals surface area contributed by atoms with Crippen molar-refractivity contribution in [3.05, 3.63) is 60.0 Å². The number of rotatable bonds is 4. The van der Waals surface area contributed by atoms with E-state index in [-0.39, 0.29) is 23.0 Å². The molecule has 0 N–H and O–H groups in total. The molecular formula is C22H26F4O. The van der Waals surface area contributed by atoms with Crippen LogP contribution in [0, 0.1) is 17.7 Å². The van der Waals surface area contributed by atoms with Crippen LogP contribution in [-0.2, 0) is 10.9 Å². The van der Waals surface area contributed by atoms with Crippen LogP contribution in [0.5, 0.6) is 0 Å². The van der Waals surface area contributed by atoms with Gasteiger partial charge in [-0.05, 0) is 55.9 Å².